The Balaban J connectivity index is 2.01. The molecule has 0 aliphatic rings. The molecule has 0 aliphatic heterocycles. The number of aryl methyl sites for hydroxylation is 4. The van der Waals surface area contributed by atoms with Gasteiger partial charge in [-0.15, -0.1) is 11.3 Å². The zero-order valence-electron chi connectivity index (χ0n) is 13.9. The van der Waals surface area contributed by atoms with Crippen LogP contribution >= 0.6 is 11.3 Å². The summed E-state index contributed by atoms with van der Waals surface area (Å²) in [6, 6.07) is 7.49. The second-order valence-corrected chi connectivity index (χ2v) is 6.93. The van der Waals surface area contributed by atoms with Gasteiger partial charge in [-0.25, -0.2) is 0 Å². The first-order valence-electron chi connectivity index (χ1n) is 7.69. The highest BCUT2D eigenvalue weighted by atomic mass is 32.1. The van der Waals surface area contributed by atoms with E-state index < -0.39 is 0 Å². The van der Waals surface area contributed by atoms with Crippen molar-refractivity contribution < 1.29 is 9.59 Å². The first-order valence-corrected chi connectivity index (χ1v) is 8.51. The summed E-state index contributed by atoms with van der Waals surface area (Å²) in [5.74, 6) is -0.587. The summed E-state index contributed by atoms with van der Waals surface area (Å²) in [6.45, 7) is 7.98. The third-order valence-corrected chi connectivity index (χ3v) is 4.77. The van der Waals surface area contributed by atoms with Gasteiger partial charge in [0.2, 0.25) is 0 Å². The van der Waals surface area contributed by atoms with Crippen LogP contribution in [0.2, 0.25) is 0 Å². The Bertz CT molecular complexity index is 735. The number of carbonyl (C=O) groups excluding carboxylic acids is 2. The molecule has 0 atom stereocenters. The molecule has 5 heteroatoms. The second-order valence-electron chi connectivity index (χ2n) is 5.67. The van der Waals surface area contributed by atoms with E-state index in [0.717, 1.165) is 28.8 Å². The standard InChI is InChI=1S/C18H22N2O2S/c1-5-6-14-10-16(23-13(14)4)18(22)20-19-17(21)15-8-7-11(2)9-12(15)3/h7-10H,5-6H2,1-4H3,(H,19,21)(H,20,22). The van der Waals surface area contributed by atoms with Crippen LogP contribution < -0.4 is 10.9 Å². The van der Waals surface area contributed by atoms with Crippen molar-refractivity contribution in [2.75, 3.05) is 0 Å². The molecule has 1 aromatic heterocycles. The van der Waals surface area contributed by atoms with Gasteiger partial charge >= 0.3 is 0 Å². The Labute approximate surface area is 140 Å². The summed E-state index contributed by atoms with van der Waals surface area (Å²) < 4.78 is 0. The minimum absolute atomic E-state index is 0.279. The van der Waals surface area contributed by atoms with E-state index in [2.05, 4.69) is 17.8 Å². The van der Waals surface area contributed by atoms with E-state index in [9.17, 15) is 9.59 Å². The lowest BCUT2D eigenvalue weighted by atomic mass is 10.1. The van der Waals surface area contributed by atoms with Gasteiger partial charge in [-0.3, -0.25) is 20.4 Å². The highest BCUT2D eigenvalue weighted by Gasteiger charge is 2.14. The topological polar surface area (TPSA) is 58.2 Å². The van der Waals surface area contributed by atoms with Crippen LogP contribution in [0.1, 0.15) is 54.9 Å². The normalized spacial score (nSPS) is 10.4. The zero-order chi connectivity index (χ0) is 17.0. The summed E-state index contributed by atoms with van der Waals surface area (Å²) in [6.07, 6.45) is 2.01. The van der Waals surface area contributed by atoms with E-state index in [1.54, 1.807) is 6.07 Å². The number of amides is 2. The molecular formula is C18H22N2O2S. The Kier molecular flexibility index (Phi) is 5.55. The van der Waals surface area contributed by atoms with Gasteiger partial charge in [-0.05, 0) is 50.5 Å². The van der Waals surface area contributed by atoms with E-state index in [1.807, 2.05) is 39.0 Å². The number of benzene rings is 1. The molecule has 2 amide bonds. The number of rotatable bonds is 4. The predicted molar refractivity (Wildman–Crippen MR) is 93.9 cm³/mol. The summed E-state index contributed by atoms with van der Waals surface area (Å²) in [4.78, 5) is 26.1. The van der Waals surface area contributed by atoms with Crippen molar-refractivity contribution in [2.24, 2.45) is 0 Å². The minimum atomic E-state index is -0.307. The Morgan fingerprint density at radius 2 is 1.74 bits per heavy atom. The van der Waals surface area contributed by atoms with Crippen molar-refractivity contribution in [3.05, 3.63) is 56.3 Å². The average molecular weight is 330 g/mol. The fourth-order valence-electron chi connectivity index (χ4n) is 2.46. The van der Waals surface area contributed by atoms with E-state index in [-0.39, 0.29) is 11.8 Å². The largest absolute Gasteiger partial charge is 0.279 e. The molecule has 23 heavy (non-hydrogen) atoms. The molecule has 0 saturated carbocycles. The number of carbonyl (C=O) groups is 2. The Morgan fingerprint density at radius 3 is 2.39 bits per heavy atom. The SMILES string of the molecule is CCCc1cc(C(=O)NNC(=O)c2ccc(C)cc2C)sc1C. The first-order chi connectivity index (χ1) is 10.9. The van der Waals surface area contributed by atoms with Crippen molar-refractivity contribution in [2.45, 2.75) is 40.5 Å². The number of nitrogens with one attached hydrogen (secondary N) is 2. The monoisotopic (exact) mass is 330 g/mol. The number of hydrogen-bond donors (Lipinski definition) is 2. The van der Waals surface area contributed by atoms with Gasteiger partial charge in [-0.1, -0.05) is 31.0 Å². The highest BCUT2D eigenvalue weighted by Crippen LogP contribution is 2.22. The molecule has 0 spiro atoms. The molecule has 1 aromatic carbocycles. The molecule has 0 unspecified atom stereocenters. The molecule has 0 bridgehead atoms. The molecule has 0 aliphatic carbocycles. The fourth-order valence-corrected chi connectivity index (χ4v) is 3.43. The summed E-state index contributed by atoms with van der Waals surface area (Å²) in [7, 11) is 0. The molecule has 4 nitrogen and oxygen atoms in total. The third kappa shape index (κ3) is 4.20. The molecule has 122 valence electrons. The number of hydrogen-bond acceptors (Lipinski definition) is 3. The molecule has 2 N–H and O–H groups in total. The lowest BCUT2D eigenvalue weighted by Crippen LogP contribution is -2.41. The van der Waals surface area contributed by atoms with Crippen LogP contribution in [0, 0.1) is 20.8 Å². The van der Waals surface area contributed by atoms with E-state index >= 15 is 0 Å². The maximum atomic E-state index is 12.2. The predicted octanol–water partition coefficient (Wildman–Crippen LogP) is 3.70. The highest BCUT2D eigenvalue weighted by molar-refractivity contribution is 7.14. The minimum Gasteiger partial charge on any atom is -0.267 e. The molecular weight excluding hydrogens is 308 g/mol. The van der Waals surface area contributed by atoms with Gasteiger partial charge in [0, 0.05) is 10.4 Å². The van der Waals surface area contributed by atoms with Crippen LogP contribution in [-0.4, -0.2) is 11.8 Å². The fraction of sp³-hybridized carbons (Fsp3) is 0.333. The quantitative estimate of drug-likeness (QED) is 0.840. The van der Waals surface area contributed by atoms with Crippen molar-refractivity contribution in [3.63, 3.8) is 0 Å². The molecule has 2 rings (SSSR count). The van der Waals surface area contributed by atoms with Crippen LogP contribution in [0.5, 0.6) is 0 Å². The van der Waals surface area contributed by atoms with Crippen molar-refractivity contribution in [1.82, 2.24) is 10.9 Å². The van der Waals surface area contributed by atoms with Gasteiger partial charge in [0.1, 0.15) is 0 Å². The molecule has 2 aromatic rings. The average Bonchev–Trinajstić information content (AvgIpc) is 2.86. The molecule has 0 radical (unpaired) electrons. The summed E-state index contributed by atoms with van der Waals surface area (Å²) in [5, 5.41) is 0. The Morgan fingerprint density at radius 1 is 1.04 bits per heavy atom. The molecule has 0 saturated heterocycles. The molecule has 0 fully saturated rings. The van der Waals surface area contributed by atoms with Crippen LogP contribution in [0.4, 0.5) is 0 Å². The Hall–Kier alpha value is -2.14. The maximum Gasteiger partial charge on any atom is 0.279 e. The van der Waals surface area contributed by atoms with Crippen molar-refractivity contribution in [1.29, 1.82) is 0 Å². The summed E-state index contributed by atoms with van der Waals surface area (Å²) >= 11 is 1.45. The zero-order valence-corrected chi connectivity index (χ0v) is 14.8. The van der Waals surface area contributed by atoms with Gasteiger partial charge in [-0.2, -0.15) is 0 Å². The third-order valence-electron chi connectivity index (χ3n) is 3.68. The van der Waals surface area contributed by atoms with E-state index in [4.69, 9.17) is 0 Å². The van der Waals surface area contributed by atoms with E-state index in [1.165, 1.54) is 16.9 Å². The van der Waals surface area contributed by atoms with E-state index in [0.29, 0.717) is 10.4 Å². The molecule has 1 heterocycles. The first kappa shape index (κ1) is 17.2. The van der Waals surface area contributed by atoms with Gasteiger partial charge in [0.05, 0.1) is 4.88 Å². The van der Waals surface area contributed by atoms with Crippen molar-refractivity contribution >= 4 is 23.2 Å². The second kappa shape index (κ2) is 7.42. The van der Waals surface area contributed by atoms with Crippen LogP contribution in [-0.2, 0) is 6.42 Å². The van der Waals surface area contributed by atoms with Crippen LogP contribution in [0.15, 0.2) is 24.3 Å². The lowest BCUT2D eigenvalue weighted by Gasteiger charge is -2.09. The maximum absolute atomic E-state index is 12.2. The number of thiophene rings is 1. The summed E-state index contributed by atoms with van der Waals surface area (Å²) in [5.41, 5.74) is 8.72. The van der Waals surface area contributed by atoms with Gasteiger partial charge in [0.25, 0.3) is 11.8 Å². The lowest BCUT2D eigenvalue weighted by molar-refractivity contribution is 0.0848. The van der Waals surface area contributed by atoms with Crippen LogP contribution in [0.25, 0.3) is 0 Å². The van der Waals surface area contributed by atoms with Crippen molar-refractivity contribution in [3.8, 4) is 0 Å². The number of hydrazine groups is 1. The van der Waals surface area contributed by atoms with Gasteiger partial charge in [0.15, 0.2) is 0 Å². The van der Waals surface area contributed by atoms with Gasteiger partial charge < -0.3 is 0 Å². The van der Waals surface area contributed by atoms with Crippen LogP contribution in [0.3, 0.4) is 0 Å². The smallest absolute Gasteiger partial charge is 0.267 e.